The predicted molar refractivity (Wildman–Crippen MR) is 112 cm³/mol. The third-order valence-electron chi connectivity index (χ3n) is 5.81. The maximum Gasteiger partial charge on any atom is 0.258 e. The van der Waals surface area contributed by atoms with Gasteiger partial charge in [0.2, 0.25) is 0 Å². The van der Waals surface area contributed by atoms with Crippen LogP contribution in [0.3, 0.4) is 0 Å². The fourth-order valence-corrected chi connectivity index (χ4v) is 5.14. The SMILES string of the molecule is CC1CCN(c2nc3ccc(C(=O)N4CCc5ccccc54)cc3s2)CC1. The summed E-state index contributed by atoms with van der Waals surface area (Å²) in [5.74, 6) is 0.895. The number of para-hydroxylation sites is 1. The molecule has 0 N–H and O–H groups in total. The van der Waals surface area contributed by atoms with E-state index in [2.05, 4.69) is 17.9 Å². The molecule has 0 radical (unpaired) electrons. The molecular weight excluding hydrogens is 354 g/mol. The number of hydrogen-bond acceptors (Lipinski definition) is 4. The van der Waals surface area contributed by atoms with Gasteiger partial charge in [-0.05, 0) is 55.0 Å². The Kier molecular flexibility index (Phi) is 4.12. The highest BCUT2D eigenvalue weighted by molar-refractivity contribution is 7.22. The summed E-state index contributed by atoms with van der Waals surface area (Å²) in [7, 11) is 0. The van der Waals surface area contributed by atoms with Gasteiger partial charge in [-0.3, -0.25) is 4.79 Å². The third-order valence-corrected chi connectivity index (χ3v) is 6.89. The number of nitrogens with zero attached hydrogens (tertiary/aromatic N) is 3. The lowest BCUT2D eigenvalue weighted by Crippen LogP contribution is -2.32. The molecule has 1 saturated heterocycles. The van der Waals surface area contributed by atoms with Crippen molar-refractivity contribution in [3.63, 3.8) is 0 Å². The van der Waals surface area contributed by atoms with Gasteiger partial charge in [0.1, 0.15) is 0 Å². The van der Waals surface area contributed by atoms with Crippen molar-refractivity contribution >= 4 is 38.3 Å². The molecule has 2 aromatic carbocycles. The molecule has 1 fully saturated rings. The molecule has 0 aliphatic carbocycles. The molecular formula is C22H23N3OS. The number of rotatable bonds is 2. The molecule has 0 atom stereocenters. The third kappa shape index (κ3) is 3.00. The van der Waals surface area contributed by atoms with Gasteiger partial charge in [0.25, 0.3) is 5.91 Å². The average molecular weight is 378 g/mol. The zero-order chi connectivity index (χ0) is 18.4. The lowest BCUT2D eigenvalue weighted by Gasteiger charge is -2.29. The Morgan fingerprint density at radius 2 is 1.93 bits per heavy atom. The van der Waals surface area contributed by atoms with Crippen molar-refractivity contribution in [3.8, 4) is 0 Å². The van der Waals surface area contributed by atoms with Crippen LogP contribution in [0.5, 0.6) is 0 Å². The van der Waals surface area contributed by atoms with Crippen LogP contribution in [0.1, 0.15) is 35.7 Å². The smallest absolute Gasteiger partial charge is 0.258 e. The van der Waals surface area contributed by atoms with Gasteiger partial charge in [0.05, 0.1) is 10.2 Å². The van der Waals surface area contributed by atoms with Crippen LogP contribution in [0.15, 0.2) is 42.5 Å². The lowest BCUT2D eigenvalue weighted by atomic mass is 10.00. The van der Waals surface area contributed by atoms with Gasteiger partial charge in [-0.25, -0.2) is 4.98 Å². The largest absolute Gasteiger partial charge is 0.348 e. The van der Waals surface area contributed by atoms with E-state index in [1.54, 1.807) is 11.3 Å². The Morgan fingerprint density at radius 1 is 1.11 bits per heavy atom. The summed E-state index contributed by atoms with van der Waals surface area (Å²) in [5, 5.41) is 1.09. The zero-order valence-corrected chi connectivity index (χ0v) is 16.3. The molecule has 0 spiro atoms. The molecule has 138 valence electrons. The molecule has 3 heterocycles. The number of piperidine rings is 1. The second-order valence-corrected chi connectivity index (χ2v) is 8.69. The van der Waals surface area contributed by atoms with Gasteiger partial charge in [0, 0.05) is 30.9 Å². The minimum atomic E-state index is 0.0867. The van der Waals surface area contributed by atoms with Crippen molar-refractivity contribution in [2.45, 2.75) is 26.2 Å². The average Bonchev–Trinajstić information content (AvgIpc) is 3.31. The van der Waals surface area contributed by atoms with E-state index in [-0.39, 0.29) is 5.91 Å². The van der Waals surface area contributed by atoms with Crippen LogP contribution in [-0.4, -0.2) is 30.5 Å². The number of benzene rings is 2. The number of carbonyl (C=O) groups is 1. The zero-order valence-electron chi connectivity index (χ0n) is 15.5. The number of fused-ring (bicyclic) bond motifs is 2. The molecule has 0 bridgehead atoms. The molecule has 0 saturated carbocycles. The van der Waals surface area contributed by atoms with Crippen LogP contribution in [0.4, 0.5) is 10.8 Å². The van der Waals surface area contributed by atoms with Crippen LogP contribution < -0.4 is 9.80 Å². The van der Waals surface area contributed by atoms with Crippen molar-refractivity contribution in [1.29, 1.82) is 0 Å². The molecule has 1 aromatic heterocycles. The fraction of sp³-hybridized carbons (Fsp3) is 0.364. The van der Waals surface area contributed by atoms with E-state index in [4.69, 9.17) is 4.98 Å². The second-order valence-electron chi connectivity index (χ2n) is 7.68. The van der Waals surface area contributed by atoms with Crippen molar-refractivity contribution in [1.82, 2.24) is 4.98 Å². The van der Waals surface area contributed by atoms with Crippen molar-refractivity contribution in [2.75, 3.05) is 29.4 Å². The fourth-order valence-electron chi connectivity index (χ4n) is 4.09. The normalized spacial score (nSPS) is 17.5. The summed E-state index contributed by atoms with van der Waals surface area (Å²) < 4.78 is 1.10. The minimum absolute atomic E-state index is 0.0867. The first-order valence-corrected chi connectivity index (χ1v) is 10.6. The van der Waals surface area contributed by atoms with Gasteiger partial charge in [-0.1, -0.05) is 36.5 Å². The van der Waals surface area contributed by atoms with Crippen LogP contribution in [0.2, 0.25) is 0 Å². The van der Waals surface area contributed by atoms with Gasteiger partial charge >= 0.3 is 0 Å². The quantitative estimate of drug-likeness (QED) is 0.647. The number of thiazole rings is 1. The number of anilines is 2. The Bertz CT molecular complexity index is 1000. The van der Waals surface area contributed by atoms with Gasteiger partial charge in [0.15, 0.2) is 5.13 Å². The van der Waals surface area contributed by atoms with Gasteiger partial charge in [-0.15, -0.1) is 0 Å². The number of carbonyl (C=O) groups excluding carboxylic acids is 1. The Labute approximate surface area is 163 Å². The first-order valence-electron chi connectivity index (χ1n) is 9.74. The van der Waals surface area contributed by atoms with E-state index in [9.17, 15) is 4.79 Å². The first kappa shape index (κ1) is 16.8. The van der Waals surface area contributed by atoms with Crippen molar-refractivity contribution in [2.24, 2.45) is 5.92 Å². The van der Waals surface area contributed by atoms with E-state index < -0.39 is 0 Å². The molecule has 5 heteroatoms. The monoisotopic (exact) mass is 377 g/mol. The Morgan fingerprint density at radius 3 is 2.78 bits per heavy atom. The van der Waals surface area contributed by atoms with E-state index in [0.717, 1.165) is 58.6 Å². The molecule has 5 rings (SSSR count). The van der Waals surface area contributed by atoms with Crippen LogP contribution in [-0.2, 0) is 6.42 Å². The van der Waals surface area contributed by atoms with E-state index in [1.807, 2.05) is 41.3 Å². The highest BCUT2D eigenvalue weighted by Crippen LogP contribution is 2.33. The summed E-state index contributed by atoms with van der Waals surface area (Å²) in [4.78, 5) is 22.2. The molecule has 1 amide bonds. The Balaban J connectivity index is 1.42. The molecule has 0 unspecified atom stereocenters. The maximum absolute atomic E-state index is 13.1. The van der Waals surface area contributed by atoms with E-state index in [0.29, 0.717) is 0 Å². The molecule has 4 nitrogen and oxygen atoms in total. The van der Waals surface area contributed by atoms with Crippen LogP contribution >= 0.6 is 11.3 Å². The summed E-state index contributed by atoms with van der Waals surface area (Å²) >= 11 is 1.71. The van der Waals surface area contributed by atoms with Crippen LogP contribution in [0.25, 0.3) is 10.2 Å². The molecule has 2 aliphatic rings. The first-order chi connectivity index (χ1) is 13.2. The number of hydrogen-bond donors (Lipinski definition) is 0. The van der Waals surface area contributed by atoms with E-state index >= 15 is 0 Å². The summed E-state index contributed by atoms with van der Waals surface area (Å²) in [5.41, 5.74) is 4.05. The van der Waals surface area contributed by atoms with Crippen LogP contribution in [0, 0.1) is 5.92 Å². The molecule has 3 aromatic rings. The van der Waals surface area contributed by atoms with E-state index in [1.165, 1.54) is 18.4 Å². The standard InChI is InChI=1S/C22H23N3OS/c1-15-8-11-24(12-9-15)22-23-18-7-6-17(14-20(18)27-22)21(26)25-13-10-16-4-2-3-5-19(16)25/h2-7,14-15H,8-13H2,1H3. The van der Waals surface area contributed by atoms with Gasteiger partial charge < -0.3 is 9.80 Å². The topological polar surface area (TPSA) is 36.4 Å². The predicted octanol–water partition coefficient (Wildman–Crippen LogP) is 4.74. The number of aromatic nitrogens is 1. The summed E-state index contributed by atoms with van der Waals surface area (Å²) in [6.07, 6.45) is 3.39. The van der Waals surface area contributed by atoms with Crippen molar-refractivity contribution in [3.05, 3.63) is 53.6 Å². The maximum atomic E-state index is 13.1. The molecule has 2 aliphatic heterocycles. The highest BCUT2D eigenvalue weighted by Gasteiger charge is 2.26. The molecule has 27 heavy (non-hydrogen) atoms. The second kappa shape index (κ2) is 6.64. The van der Waals surface area contributed by atoms with Gasteiger partial charge in [-0.2, -0.15) is 0 Å². The highest BCUT2D eigenvalue weighted by atomic mass is 32.1. The van der Waals surface area contributed by atoms with Crippen molar-refractivity contribution < 1.29 is 4.79 Å². The Hall–Kier alpha value is -2.40. The lowest BCUT2D eigenvalue weighted by molar-refractivity contribution is 0.0989. The number of amides is 1. The summed E-state index contributed by atoms with van der Waals surface area (Å²) in [6, 6.07) is 14.1. The minimum Gasteiger partial charge on any atom is -0.348 e. The summed E-state index contributed by atoms with van der Waals surface area (Å²) in [6.45, 7) is 5.24.